The molecule has 0 atom stereocenters. The van der Waals surface area contributed by atoms with Crippen molar-refractivity contribution in [1.82, 2.24) is 4.31 Å². The lowest BCUT2D eigenvalue weighted by Gasteiger charge is -2.18. The second-order valence-corrected chi connectivity index (χ2v) is 7.47. The maximum absolute atomic E-state index is 12.0. The molecule has 0 aliphatic rings. The van der Waals surface area contributed by atoms with Gasteiger partial charge in [0.05, 0.1) is 17.7 Å². The number of nitrogens with zero attached hydrogens (tertiary/aromatic N) is 1. The number of hydrogen-bond acceptors (Lipinski definition) is 5. The van der Waals surface area contributed by atoms with Gasteiger partial charge < -0.3 is 20.3 Å². The molecule has 4 N–H and O–H groups in total. The predicted octanol–water partition coefficient (Wildman–Crippen LogP) is 0.0331. The summed E-state index contributed by atoms with van der Waals surface area (Å²) < 4.78 is 40.4. The molecule has 0 aromatic heterocycles. The molecule has 0 aliphatic heterocycles. The molecule has 0 bridgehead atoms. The zero-order chi connectivity index (χ0) is 14.8. The number of benzene rings is 1. The van der Waals surface area contributed by atoms with Gasteiger partial charge in [0, 0.05) is 7.05 Å². The van der Waals surface area contributed by atoms with Gasteiger partial charge >= 0.3 is 7.60 Å². The van der Waals surface area contributed by atoms with Crippen LogP contribution in [0.4, 0.5) is 5.69 Å². The minimum Gasteiger partial charge on any atom is -0.495 e. The fourth-order valence-electron chi connectivity index (χ4n) is 1.39. The van der Waals surface area contributed by atoms with Crippen molar-refractivity contribution in [2.75, 3.05) is 26.2 Å². The number of sulfonamides is 1. The van der Waals surface area contributed by atoms with E-state index in [1.807, 2.05) is 0 Å². The minimum atomic E-state index is -4.48. The van der Waals surface area contributed by atoms with E-state index < -0.39 is 23.9 Å². The summed E-state index contributed by atoms with van der Waals surface area (Å²) in [5.41, 5.74) is 5.71. The lowest BCUT2D eigenvalue weighted by atomic mass is 10.3. The van der Waals surface area contributed by atoms with Gasteiger partial charge in [0.2, 0.25) is 10.0 Å². The lowest BCUT2D eigenvalue weighted by Crippen LogP contribution is -2.28. The number of hydrogen-bond donors (Lipinski definition) is 3. The molecule has 0 fully saturated rings. The van der Waals surface area contributed by atoms with Crippen molar-refractivity contribution < 1.29 is 27.5 Å². The summed E-state index contributed by atoms with van der Waals surface area (Å²) in [6, 6.07) is 3.79. The average Bonchev–Trinajstić information content (AvgIpc) is 2.26. The van der Waals surface area contributed by atoms with Gasteiger partial charge in [-0.15, -0.1) is 0 Å². The molecule has 1 rings (SSSR count). The largest absolute Gasteiger partial charge is 0.495 e. The first-order valence-corrected chi connectivity index (χ1v) is 8.26. The van der Waals surface area contributed by atoms with Crippen LogP contribution < -0.4 is 10.5 Å². The summed E-state index contributed by atoms with van der Waals surface area (Å²) in [5.74, 6) is 0.316. The van der Waals surface area contributed by atoms with Crippen molar-refractivity contribution in [3.63, 3.8) is 0 Å². The van der Waals surface area contributed by atoms with E-state index in [0.717, 1.165) is 7.05 Å². The van der Waals surface area contributed by atoms with E-state index in [0.29, 0.717) is 10.1 Å². The molecule has 10 heteroatoms. The second-order valence-electron chi connectivity index (χ2n) is 3.81. The number of methoxy groups -OCH3 is 1. The molecule has 0 radical (unpaired) electrons. The van der Waals surface area contributed by atoms with Crippen LogP contribution >= 0.6 is 7.60 Å². The van der Waals surface area contributed by atoms with Crippen molar-refractivity contribution in [3.8, 4) is 5.75 Å². The van der Waals surface area contributed by atoms with Crippen LogP contribution in [0.2, 0.25) is 0 Å². The maximum atomic E-state index is 12.0. The highest BCUT2D eigenvalue weighted by atomic mass is 32.2. The summed E-state index contributed by atoms with van der Waals surface area (Å²) in [4.78, 5) is 17.4. The molecule has 0 unspecified atom stereocenters. The van der Waals surface area contributed by atoms with Crippen molar-refractivity contribution in [1.29, 1.82) is 0 Å². The number of rotatable bonds is 5. The summed E-state index contributed by atoms with van der Waals surface area (Å²) in [6.07, 6.45) is -0.902. The minimum absolute atomic E-state index is 0.119. The molecule has 1 aromatic rings. The molecule has 8 nitrogen and oxygen atoms in total. The van der Waals surface area contributed by atoms with Gasteiger partial charge in [0.1, 0.15) is 12.0 Å². The topological polar surface area (TPSA) is 130 Å². The maximum Gasteiger partial charge on any atom is 0.340 e. The van der Waals surface area contributed by atoms with E-state index in [1.165, 1.54) is 25.3 Å². The third kappa shape index (κ3) is 3.92. The fraction of sp³-hybridized carbons (Fsp3) is 0.333. The Bertz CT molecular complexity index is 611. The van der Waals surface area contributed by atoms with Crippen LogP contribution in [0.25, 0.3) is 0 Å². The standard InChI is InChI=1S/C9H15N2O6PS/c1-11(6-18(12,13)14)19(15,16)7-3-4-9(17-2)8(10)5-7/h3-5H,6,10H2,1-2H3,(H2,12,13,14). The Kier molecular flexibility index (Phi) is 4.59. The second kappa shape index (κ2) is 5.48. The van der Waals surface area contributed by atoms with Gasteiger partial charge in [-0.25, -0.2) is 8.42 Å². The Balaban J connectivity index is 3.14. The van der Waals surface area contributed by atoms with Crippen LogP contribution in [0.3, 0.4) is 0 Å². The van der Waals surface area contributed by atoms with Crippen LogP contribution in [-0.2, 0) is 14.6 Å². The Morgan fingerprint density at radius 1 is 1.42 bits per heavy atom. The number of anilines is 1. The summed E-state index contributed by atoms with van der Waals surface area (Å²) in [5, 5.41) is 0. The number of nitrogen functional groups attached to an aromatic ring is 1. The highest BCUT2D eigenvalue weighted by molar-refractivity contribution is 7.89. The van der Waals surface area contributed by atoms with E-state index >= 15 is 0 Å². The Morgan fingerprint density at radius 2 is 2.00 bits per heavy atom. The van der Waals surface area contributed by atoms with Crippen LogP contribution in [-0.4, -0.2) is 43.0 Å². The highest BCUT2D eigenvalue weighted by Crippen LogP contribution is 2.36. The van der Waals surface area contributed by atoms with Crippen LogP contribution in [0, 0.1) is 0 Å². The van der Waals surface area contributed by atoms with Gasteiger partial charge in [0.15, 0.2) is 0 Å². The quantitative estimate of drug-likeness (QED) is 0.516. The smallest absolute Gasteiger partial charge is 0.340 e. The molecular weight excluding hydrogens is 295 g/mol. The third-order valence-electron chi connectivity index (χ3n) is 2.29. The van der Waals surface area contributed by atoms with E-state index in [9.17, 15) is 13.0 Å². The van der Waals surface area contributed by atoms with E-state index in [1.54, 1.807) is 0 Å². The molecule has 0 amide bonds. The van der Waals surface area contributed by atoms with Crippen molar-refractivity contribution in [2.24, 2.45) is 0 Å². The van der Waals surface area contributed by atoms with Gasteiger partial charge in [0.25, 0.3) is 0 Å². The molecule has 0 heterocycles. The van der Waals surface area contributed by atoms with Crippen LogP contribution in [0.1, 0.15) is 0 Å². The first-order valence-electron chi connectivity index (χ1n) is 5.02. The van der Waals surface area contributed by atoms with Crippen molar-refractivity contribution in [3.05, 3.63) is 18.2 Å². The monoisotopic (exact) mass is 310 g/mol. The molecule has 1 aromatic carbocycles. The first kappa shape index (κ1) is 15.9. The summed E-state index contributed by atoms with van der Waals surface area (Å²) >= 11 is 0. The SMILES string of the molecule is COc1ccc(S(=O)(=O)N(C)CP(=O)(O)O)cc1N. The van der Waals surface area contributed by atoms with Gasteiger partial charge in [-0.2, -0.15) is 4.31 Å². The molecule has 108 valence electrons. The molecule has 0 saturated carbocycles. The van der Waals surface area contributed by atoms with Crippen LogP contribution in [0.5, 0.6) is 5.75 Å². The van der Waals surface area contributed by atoms with Crippen LogP contribution in [0.15, 0.2) is 23.1 Å². The predicted molar refractivity (Wildman–Crippen MR) is 69.3 cm³/mol. The molecular formula is C9H15N2O6PS. The molecule has 0 spiro atoms. The first-order chi connectivity index (χ1) is 8.58. The van der Waals surface area contributed by atoms with E-state index in [-0.39, 0.29) is 10.6 Å². The van der Waals surface area contributed by atoms with Gasteiger partial charge in [-0.3, -0.25) is 4.57 Å². The molecule has 0 saturated heterocycles. The van der Waals surface area contributed by atoms with Crippen molar-refractivity contribution >= 4 is 23.3 Å². The van der Waals surface area contributed by atoms with Crippen molar-refractivity contribution in [2.45, 2.75) is 4.90 Å². The lowest BCUT2D eigenvalue weighted by molar-refractivity contribution is 0.353. The Hall–Kier alpha value is -1.12. The normalized spacial score (nSPS) is 12.7. The molecule has 0 aliphatic carbocycles. The van der Waals surface area contributed by atoms with Gasteiger partial charge in [-0.1, -0.05) is 0 Å². The Morgan fingerprint density at radius 3 is 2.42 bits per heavy atom. The zero-order valence-corrected chi connectivity index (χ0v) is 12.1. The highest BCUT2D eigenvalue weighted by Gasteiger charge is 2.27. The summed E-state index contributed by atoms with van der Waals surface area (Å²) in [6.45, 7) is 0. The third-order valence-corrected chi connectivity index (χ3v) is 5.08. The number of ether oxygens (including phenoxy) is 1. The van der Waals surface area contributed by atoms with Gasteiger partial charge in [-0.05, 0) is 18.2 Å². The average molecular weight is 310 g/mol. The number of nitrogens with two attached hydrogens (primary N) is 1. The Labute approximate surface area is 111 Å². The summed E-state index contributed by atoms with van der Waals surface area (Å²) in [7, 11) is -6.02. The molecule has 19 heavy (non-hydrogen) atoms. The van der Waals surface area contributed by atoms with E-state index in [4.69, 9.17) is 20.3 Å². The zero-order valence-electron chi connectivity index (χ0n) is 10.3. The van der Waals surface area contributed by atoms with E-state index in [2.05, 4.69) is 0 Å². The fourth-order valence-corrected chi connectivity index (χ4v) is 3.84.